The fourth-order valence-electron chi connectivity index (χ4n) is 4.79. The van der Waals surface area contributed by atoms with Crippen LogP contribution in [0.2, 0.25) is 10.0 Å². The second kappa shape index (κ2) is 15.3. The molecule has 0 aliphatic rings. The van der Waals surface area contributed by atoms with E-state index >= 15 is 0 Å². The van der Waals surface area contributed by atoms with Crippen LogP contribution in [-0.2, 0) is 32.6 Å². The molecule has 11 heteroatoms. The van der Waals surface area contributed by atoms with Gasteiger partial charge in [-0.15, -0.1) is 0 Å². The Labute approximate surface area is 274 Å². The van der Waals surface area contributed by atoms with Crippen LogP contribution in [0.1, 0.15) is 25.0 Å². The van der Waals surface area contributed by atoms with Gasteiger partial charge < -0.3 is 15.0 Å². The zero-order valence-electron chi connectivity index (χ0n) is 25.2. The van der Waals surface area contributed by atoms with Crippen molar-refractivity contribution in [2.45, 2.75) is 43.8 Å². The third-order valence-corrected chi connectivity index (χ3v) is 9.56. The molecule has 45 heavy (non-hydrogen) atoms. The smallest absolute Gasteiger partial charge is 0.264 e. The molecule has 2 amide bonds. The highest BCUT2D eigenvalue weighted by Crippen LogP contribution is 2.29. The molecule has 0 saturated heterocycles. The second-order valence-electron chi connectivity index (χ2n) is 10.6. The number of nitrogens with zero attached hydrogens (tertiary/aromatic N) is 2. The van der Waals surface area contributed by atoms with E-state index in [-0.39, 0.29) is 29.6 Å². The minimum atomic E-state index is -4.24. The minimum absolute atomic E-state index is 0.0287. The molecule has 4 rings (SSSR count). The number of carbonyl (C=O) groups excluding carboxylic acids is 2. The molecule has 236 valence electrons. The number of ether oxygens (including phenoxy) is 1. The quantitative estimate of drug-likeness (QED) is 0.179. The molecule has 4 aromatic rings. The van der Waals surface area contributed by atoms with Crippen molar-refractivity contribution in [1.82, 2.24) is 10.2 Å². The van der Waals surface area contributed by atoms with E-state index in [0.717, 1.165) is 9.87 Å². The molecule has 1 N–H and O–H groups in total. The maximum Gasteiger partial charge on any atom is 0.264 e. The van der Waals surface area contributed by atoms with Crippen LogP contribution in [0.15, 0.2) is 108 Å². The molecule has 1 atom stereocenters. The summed E-state index contributed by atoms with van der Waals surface area (Å²) in [5.74, 6) is -0.527. The van der Waals surface area contributed by atoms with Gasteiger partial charge in [-0.25, -0.2) is 8.42 Å². The summed E-state index contributed by atoms with van der Waals surface area (Å²) < 4.78 is 34.4. The Balaban J connectivity index is 1.82. The molecule has 0 unspecified atom stereocenters. The lowest BCUT2D eigenvalue weighted by Crippen LogP contribution is -2.54. The van der Waals surface area contributed by atoms with E-state index in [1.54, 1.807) is 48.5 Å². The van der Waals surface area contributed by atoms with E-state index in [1.807, 2.05) is 44.2 Å². The van der Waals surface area contributed by atoms with Crippen LogP contribution in [0.4, 0.5) is 5.69 Å². The number of nitrogens with one attached hydrogen (secondary N) is 1. The van der Waals surface area contributed by atoms with Gasteiger partial charge in [-0.3, -0.25) is 13.9 Å². The van der Waals surface area contributed by atoms with Crippen LogP contribution in [0.5, 0.6) is 5.75 Å². The van der Waals surface area contributed by atoms with Crippen molar-refractivity contribution in [3.05, 3.63) is 124 Å². The fourth-order valence-corrected chi connectivity index (χ4v) is 6.72. The zero-order chi connectivity index (χ0) is 32.6. The van der Waals surface area contributed by atoms with E-state index in [9.17, 15) is 18.0 Å². The Hall–Kier alpha value is -4.05. The summed E-state index contributed by atoms with van der Waals surface area (Å²) in [6.45, 7) is 2.92. The zero-order valence-corrected chi connectivity index (χ0v) is 27.5. The first kappa shape index (κ1) is 33.8. The summed E-state index contributed by atoms with van der Waals surface area (Å²) in [6.07, 6.45) is 0.170. The summed E-state index contributed by atoms with van der Waals surface area (Å²) in [4.78, 5) is 29.6. The molecule has 0 fully saturated rings. The molecule has 8 nitrogen and oxygen atoms in total. The first-order chi connectivity index (χ1) is 21.5. The van der Waals surface area contributed by atoms with Crippen molar-refractivity contribution in [3.8, 4) is 5.75 Å². The molecular formula is C34H35Cl2N3O5S. The average Bonchev–Trinajstić information content (AvgIpc) is 3.03. The molecule has 0 aromatic heterocycles. The lowest BCUT2D eigenvalue weighted by molar-refractivity contribution is -0.140. The number of hydrogen-bond acceptors (Lipinski definition) is 5. The first-order valence-corrected chi connectivity index (χ1v) is 16.5. The third kappa shape index (κ3) is 8.57. The number of carbonyl (C=O) groups is 2. The number of halogens is 2. The van der Waals surface area contributed by atoms with Crippen LogP contribution in [0.25, 0.3) is 0 Å². The van der Waals surface area contributed by atoms with Crippen molar-refractivity contribution in [2.75, 3.05) is 18.0 Å². The minimum Gasteiger partial charge on any atom is -0.497 e. The number of amides is 2. The van der Waals surface area contributed by atoms with E-state index in [2.05, 4.69) is 5.32 Å². The van der Waals surface area contributed by atoms with Gasteiger partial charge in [0.05, 0.1) is 17.7 Å². The Kier molecular flexibility index (Phi) is 11.5. The van der Waals surface area contributed by atoms with Crippen molar-refractivity contribution in [2.24, 2.45) is 0 Å². The summed E-state index contributed by atoms with van der Waals surface area (Å²) in [5.41, 5.74) is 1.53. The lowest BCUT2D eigenvalue weighted by Gasteiger charge is -2.34. The van der Waals surface area contributed by atoms with Gasteiger partial charge >= 0.3 is 0 Å². The molecule has 0 heterocycles. The van der Waals surface area contributed by atoms with Gasteiger partial charge in [0, 0.05) is 34.6 Å². The SMILES string of the molecule is COc1ccc(S(=O)(=O)N(CC(=O)N(Cc2c(Cl)cccc2Cl)[C@H](Cc2ccccc2)C(=O)NC(C)C)c2ccccc2)cc1. The first-order valence-electron chi connectivity index (χ1n) is 14.3. The topological polar surface area (TPSA) is 96.0 Å². The van der Waals surface area contributed by atoms with Gasteiger partial charge in [0.2, 0.25) is 11.8 Å². The van der Waals surface area contributed by atoms with Gasteiger partial charge in [0.15, 0.2) is 0 Å². The summed E-state index contributed by atoms with van der Waals surface area (Å²) in [5, 5.41) is 3.55. The average molecular weight is 669 g/mol. The molecular weight excluding hydrogens is 633 g/mol. The highest BCUT2D eigenvalue weighted by atomic mass is 35.5. The van der Waals surface area contributed by atoms with Crippen molar-refractivity contribution < 1.29 is 22.7 Å². The monoisotopic (exact) mass is 667 g/mol. The van der Waals surface area contributed by atoms with Crippen LogP contribution in [-0.4, -0.2) is 50.9 Å². The van der Waals surface area contributed by atoms with E-state index in [1.165, 1.54) is 36.3 Å². The normalized spacial score (nSPS) is 12.0. The Bertz CT molecular complexity index is 1680. The number of benzene rings is 4. The molecule has 0 aliphatic heterocycles. The van der Waals surface area contributed by atoms with Gasteiger partial charge in [0.25, 0.3) is 10.0 Å². The number of sulfonamides is 1. The highest BCUT2D eigenvalue weighted by Gasteiger charge is 2.35. The fraction of sp³-hybridized carbons (Fsp3) is 0.235. The summed E-state index contributed by atoms with van der Waals surface area (Å²) >= 11 is 13.1. The van der Waals surface area contributed by atoms with Crippen molar-refractivity contribution in [1.29, 1.82) is 0 Å². The molecule has 0 saturated carbocycles. The second-order valence-corrected chi connectivity index (χ2v) is 13.3. The highest BCUT2D eigenvalue weighted by molar-refractivity contribution is 7.92. The van der Waals surface area contributed by atoms with Gasteiger partial charge in [0.1, 0.15) is 18.3 Å². The van der Waals surface area contributed by atoms with Crippen LogP contribution in [0, 0.1) is 0 Å². The maximum atomic E-state index is 14.5. The predicted molar refractivity (Wildman–Crippen MR) is 178 cm³/mol. The van der Waals surface area contributed by atoms with Gasteiger partial charge in [-0.2, -0.15) is 0 Å². The number of para-hydroxylation sites is 1. The Morgan fingerprint density at radius 1 is 0.822 bits per heavy atom. The van der Waals surface area contributed by atoms with Crippen LogP contribution < -0.4 is 14.4 Å². The van der Waals surface area contributed by atoms with Crippen molar-refractivity contribution >= 4 is 50.7 Å². The van der Waals surface area contributed by atoms with Crippen LogP contribution in [0.3, 0.4) is 0 Å². The number of methoxy groups -OCH3 is 1. The van der Waals surface area contributed by atoms with Crippen molar-refractivity contribution in [3.63, 3.8) is 0 Å². The predicted octanol–water partition coefficient (Wildman–Crippen LogP) is 6.36. The molecule has 0 spiro atoms. The van der Waals surface area contributed by atoms with E-state index in [4.69, 9.17) is 27.9 Å². The van der Waals surface area contributed by atoms with Gasteiger partial charge in [-0.1, -0.05) is 77.8 Å². The number of hydrogen-bond donors (Lipinski definition) is 1. The molecule has 0 aliphatic carbocycles. The Morgan fingerprint density at radius 3 is 1.96 bits per heavy atom. The Morgan fingerprint density at radius 2 is 1.40 bits per heavy atom. The molecule has 0 radical (unpaired) electrons. The molecule has 4 aromatic carbocycles. The summed E-state index contributed by atoms with van der Waals surface area (Å²) in [7, 11) is -2.76. The number of rotatable bonds is 13. The third-order valence-electron chi connectivity index (χ3n) is 7.06. The summed E-state index contributed by atoms with van der Waals surface area (Å²) in [6, 6.07) is 27.3. The van der Waals surface area contributed by atoms with E-state index in [0.29, 0.717) is 21.4 Å². The maximum absolute atomic E-state index is 14.5. The van der Waals surface area contributed by atoms with Crippen LogP contribution >= 0.6 is 23.2 Å². The largest absolute Gasteiger partial charge is 0.497 e. The molecule has 0 bridgehead atoms. The number of anilines is 1. The standard InChI is InChI=1S/C34H35Cl2N3O5S/c1-24(2)37-34(41)32(21-25-11-6-4-7-12-25)38(22-29-30(35)15-10-16-31(29)36)33(40)23-39(26-13-8-5-9-14-26)45(42,43)28-19-17-27(44-3)18-20-28/h4-20,24,32H,21-23H2,1-3H3,(H,37,41)/t32-/m1/s1. The lowest BCUT2D eigenvalue weighted by atomic mass is 10.0. The van der Waals surface area contributed by atoms with Gasteiger partial charge in [-0.05, 0) is 67.9 Å². The van der Waals surface area contributed by atoms with E-state index < -0.39 is 34.4 Å².